The molecule has 0 saturated heterocycles. The van der Waals surface area contributed by atoms with Crippen molar-refractivity contribution in [3.05, 3.63) is 21.1 Å². The van der Waals surface area contributed by atoms with Gasteiger partial charge in [-0.1, -0.05) is 0 Å². The Balaban J connectivity index is 2.91. The number of nitro groups is 1. The van der Waals surface area contributed by atoms with Crippen molar-refractivity contribution < 1.29 is 14.8 Å². The summed E-state index contributed by atoms with van der Waals surface area (Å²) in [6.45, 7) is 1.93. The molecular weight excluding hydrogens is 270 g/mol. The van der Waals surface area contributed by atoms with Gasteiger partial charge in [0.1, 0.15) is 0 Å². The van der Waals surface area contributed by atoms with Crippen molar-refractivity contribution in [1.82, 2.24) is 5.32 Å². The number of hydrogen-bond donors (Lipinski definition) is 2. The van der Waals surface area contributed by atoms with Gasteiger partial charge in [0.2, 0.25) is 5.91 Å². The molecule has 1 atom stereocenters. The minimum Gasteiger partial charge on any atom is -0.388 e. The number of amides is 1. The highest BCUT2D eigenvalue weighted by atomic mass is 32.1. The fourth-order valence-electron chi connectivity index (χ4n) is 1.50. The van der Waals surface area contributed by atoms with E-state index in [1.165, 1.54) is 17.4 Å². The molecule has 0 radical (unpaired) electrons. The predicted molar refractivity (Wildman–Crippen MR) is 73.6 cm³/mol. The number of aliphatic hydroxyl groups excluding tert-OH is 1. The molecule has 0 aliphatic rings. The number of carbonyl (C=O) groups is 1. The van der Waals surface area contributed by atoms with Gasteiger partial charge in [-0.2, -0.15) is 0 Å². The fourth-order valence-corrected chi connectivity index (χ4v) is 2.55. The Morgan fingerprint density at radius 2 is 2.32 bits per heavy atom. The van der Waals surface area contributed by atoms with Crippen LogP contribution in [0, 0.1) is 10.1 Å². The van der Waals surface area contributed by atoms with Crippen molar-refractivity contribution in [3.63, 3.8) is 0 Å². The van der Waals surface area contributed by atoms with Crippen LogP contribution in [0.2, 0.25) is 0 Å². The zero-order chi connectivity index (χ0) is 14.6. The van der Waals surface area contributed by atoms with Crippen molar-refractivity contribution in [2.24, 2.45) is 0 Å². The number of anilines is 1. The van der Waals surface area contributed by atoms with E-state index in [1.807, 2.05) is 0 Å². The molecule has 2 N–H and O–H groups in total. The molecule has 0 fully saturated rings. The van der Waals surface area contributed by atoms with Gasteiger partial charge in [-0.3, -0.25) is 14.9 Å². The summed E-state index contributed by atoms with van der Waals surface area (Å²) in [6, 6.07) is 1.38. The van der Waals surface area contributed by atoms with Gasteiger partial charge in [0.15, 0.2) is 5.00 Å². The summed E-state index contributed by atoms with van der Waals surface area (Å²) < 4.78 is 0. The summed E-state index contributed by atoms with van der Waals surface area (Å²) >= 11 is 1.17. The van der Waals surface area contributed by atoms with Gasteiger partial charge in [-0.25, -0.2) is 0 Å². The van der Waals surface area contributed by atoms with Crippen LogP contribution in [0.3, 0.4) is 0 Å². The van der Waals surface area contributed by atoms with Gasteiger partial charge >= 0.3 is 5.69 Å². The van der Waals surface area contributed by atoms with Crippen LogP contribution in [0.25, 0.3) is 0 Å². The van der Waals surface area contributed by atoms with Gasteiger partial charge in [0.25, 0.3) is 0 Å². The van der Waals surface area contributed by atoms with Gasteiger partial charge in [0, 0.05) is 38.0 Å². The molecule has 1 heterocycles. The molecule has 0 spiro atoms. The van der Waals surface area contributed by atoms with Crippen LogP contribution in [0.5, 0.6) is 0 Å². The average molecular weight is 287 g/mol. The van der Waals surface area contributed by atoms with Crippen LogP contribution in [-0.2, 0) is 4.79 Å². The third-order valence-electron chi connectivity index (χ3n) is 2.62. The second-order valence-electron chi connectivity index (χ2n) is 4.12. The summed E-state index contributed by atoms with van der Waals surface area (Å²) in [4.78, 5) is 23.9. The summed E-state index contributed by atoms with van der Waals surface area (Å²) in [5, 5.41) is 23.4. The number of hydrogen-bond acceptors (Lipinski definition) is 6. The Labute approximate surface area is 115 Å². The van der Waals surface area contributed by atoms with Crippen molar-refractivity contribution in [1.29, 1.82) is 0 Å². The first-order valence-corrected chi connectivity index (χ1v) is 6.56. The third-order valence-corrected chi connectivity index (χ3v) is 4.03. The Kier molecular flexibility index (Phi) is 5.25. The number of carbonyl (C=O) groups excluding carboxylic acids is 1. The summed E-state index contributed by atoms with van der Waals surface area (Å²) in [6.07, 6.45) is -0.490. The molecule has 1 amide bonds. The second kappa shape index (κ2) is 6.48. The van der Waals surface area contributed by atoms with Crippen LogP contribution in [0.1, 0.15) is 24.3 Å². The maximum Gasteiger partial charge on any atom is 0.304 e. The van der Waals surface area contributed by atoms with Gasteiger partial charge < -0.3 is 15.3 Å². The maximum atomic E-state index is 11.2. The first-order valence-electron chi connectivity index (χ1n) is 5.74. The lowest BCUT2D eigenvalue weighted by Gasteiger charge is -2.15. The molecule has 19 heavy (non-hydrogen) atoms. The van der Waals surface area contributed by atoms with Crippen LogP contribution in [-0.4, -0.2) is 36.6 Å². The Morgan fingerprint density at radius 1 is 1.68 bits per heavy atom. The summed E-state index contributed by atoms with van der Waals surface area (Å²) in [5.74, 6) is -0.123. The topological polar surface area (TPSA) is 95.7 Å². The van der Waals surface area contributed by atoms with E-state index in [1.54, 1.807) is 25.9 Å². The molecule has 0 aromatic carbocycles. The van der Waals surface area contributed by atoms with E-state index in [2.05, 4.69) is 5.32 Å². The number of rotatable bonds is 6. The van der Waals surface area contributed by atoms with E-state index in [4.69, 9.17) is 0 Å². The Morgan fingerprint density at radius 3 is 2.79 bits per heavy atom. The monoisotopic (exact) mass is 287 g/mol. The molecule has 1 aromatic heterocycles. The Bertz CT molecular complexity index is 473. The molecule has 8 heteroatoms. The van der Waals surface area contributed by atoms with E-state index < -0.39 is 11.0 Å². The maximum absolute atomic E-state index is 11.2. The SMILES string of the molecule is CNC(=O)CCN(C)c1sc([C@H](C)O)cc1[N+](=O)[O-]. The van der Waals surface area contributed by atoms with Crippen LogP contribution >= 0.6 is 11.3 Å². The molecule has 1 rings (SSSR count). The minimum absolute atomic E-state index is 0.0414. The van der Waals surface area contributed by atoms with Crippen molar-refractivity contribution >= 4 is 27.9 Å². The Hall–Kier alpha value is -1.67. The van der Waals surface area contributed by atoms with Crippen molar-refractivity contribution in [2.75, 3.05) is 25.5 Å². The number of thiophene rings is 1. The molecular formula is C11H17N3O4S. The lowest BCUT2D eigenvalue weighted by atomic mass is 10.3. The van der Waals surface area contributed by atoms with Gasteiger partial charge in [-0.05, 0) is 6.92 Å². The van der Waals surface area contributed by atoms with Gasteiger partial charge in [0.05, 0.1) is 11.0 Å². The van der Waals surface area contributed by atoms with Crippen molar-refractivity contribution in [2.45, 2.75) is 19.4 Å². The molecule has 0 unspecified atom stereocenters. The van der Waals surface area contributed by atoms with Crippen molar-refractivity contribution in [3.8, 4) is 0 Å². The summed E-state index contributed by atoms with van der Waals surface area (Å²) in [7, 11) is 3.23. The highest BCUT2D eigenvalue weighted by molar-refractivity contribution is 7.16. The van der Waals surface area contributed by atoms with E-state index in [-0.39, 0.29) is 18.0 Å². The fraction of sp³-hybridized carbons (Fsp3) is 0.545. The van der Waals surface area contributed by atoms with Crippen LogP contribution < -0.4 is 10.2 Å². The van der Waals surface area contributed by atoms with E-state index in [9.17, 15) is 20.0 Å². The molecule has 0 saturated carbocycles. The normalized spacial score (nSPS) is 12.0. The zero-order valence-corrected chi connectivity index (χ0v) is 11.9. The van der Waals surface area contributed by atoms with Crippen LogP contribution in [0.15, 0.2) is 6.07 Å². The number of nitrogens with zero attached hydrogens (tertiary/aromatic N) is 2. The zero-order valence-electron chi connectivity index (χ0n) is 11.0. The molecule has 7 nitrogen and oxygen atoms in total. The van der Waals surface area contributed by atoms with Gasteiger partial charge in [-0.15, -0.1) is 11.3 Å². The average Bonchev–Trinajstić information content (AvgIpc) is 2.80. The van der Waals surface area contributed by atoms with Crippen LogP contribution in [0.4, 0.5) is 10.7 Å². The lowest BCUT2D eigenvalue weighted by Crippen LogP contribution is -2.26. The standard InChI is InChI=1S/C11H17N3O4S/c1-7(15)9-6-8(14(17)18)11(19-9)13(3)5-4-10(16)12-2/h6-7,15H,4-5H2,1-3H3,(H,12,16)/t7-/m0/s1. The number of nitrogens with one attached hydrogen (secondary N) is 1. The van der Waals surface area contributed by atoms with E-state index >= 15 is 0 Å². The van der Waals surface area contributed by atoms with E-state index in [0.29, 0.717) is 16.4 Å². The quantitative estimate of drug-likeness (QED) is 0.607. The second-order valence-corrected chi connectivity index (χ2v) is 5.18. The smallest absolute Gasteiger partial charge is 0.304 e. The molecule has 0 aliphatic carbocycles. The first kappa shape index (κ1) is 15.4. The lowest BCUT2D eigenvalue weighted by molar-refractivity contribution is -0.383. The molecule has 1 aromatic rings. The highest BCUT2D eigenvalue weighted by Gasteiger charge is 2.23. The largest absolute Gasteiger partial charge is 0.388 e. The third kappa shape index (κ3) is 3.90. The van der Waals surface area contributed by atoms with E-state index in [0.717, 1.165) is 0 Å². The summed E-state index contributed by atoms with van der Waals surface area (Å²) in [5.41, 5.74) is -0.0414. The molecule has 0 bridgehead atoms. The predicted octanol–water partition coefficient (Wildman–Crippen LogP) is 1.28. The first-order chi connectivity index (χ1) is 8.86. The number of aliphatic hydroxyl groups is 1. The molecule has 106 valence electrons. The molecule has 0 aliphatic heterocycles. The minimum atomic E-state index is -0.746. The highest BCUT2D eigenvalue weighted by Crippen LogP contribution is 2.39.